The third kappa shape index (κ3) is 5.41. The van der Waals surface area contributed by atoms with E-state index in [4.69, 9.17) is 9.47 Å². The lowest BCUT2D eigenvalue weighted by molar-refractivity contribution is -0.140. The molecule has 0 aliphatic carbocycles. The Balaban J connectivity index is 2.19. The maximum absolute atomic E-state index is 13.4. The van der Waals surface area contributed by atoms with Gasteiger partial charge < -0.3 is 24.4 Å². The number of amides is 1. The number of benzene rings is 2. The van der Waals surface area contributed by atoms with E-state index in [-0.39, 0.29) is 36.5 Å². The van der Waals surface area contributed by atoms with Crippen LogP contribution in [0.1, 0.15) is 61.9 Å². The van der Waals surface area contributed by atoms with Crippen LogP contribution in [0.4, 0.5) is 5.69 Å². The fourth-order valence-corrected chi connectivity index (χ4v) is 4.53. The van der Waals surface area contributed by atoms with Crippen molar-refractivity contribution in [1.82, 2.24) is 4.90 Å². The van der Waals surface area contributed by atoms with Crippen molar-refractivity contribution in [3.8, 4) is 5.75 Å². The van der Waals surface area contributed by atoms with Gasteiger partial charge >= 0.3 is 0 Å². The number of methoxy groups -OCH3 is 1. The van der Waals surface area contributed by atoms with Crippen molar-refractivity contribution < 1.29 is 24.2 Å². The Labute approximate surface area is 214 Å². The van der Waals surface area contributed by atoms with Gasteiger partial charge in [0.15, 0.2) is 0 Å². The van der Waals surface area contributed by atoms with Crippen molar-refractivity contribution in [2.24, 2.45) is 0 Å². The fraction of sp³-hybridized carbons (Fsp3) is 0.448. The summed E-state index contributed by atoms with van der Waals surface area (Å²) < 4.78 is 11.2. The number of hydrogen-bond donors (Lipinski definition) is 1. The summed E-state index contributed by atoms with van der Waals surface area (Å²) in [5, 5.41) is 11.6. The molecule has 2 aromatic rings. The summed E-state index contributed by atoms with van der Waals surface area (Å²) in [4.78, 5) is 30.0. The van der Waals surface area contributed by atoms with Crippen LogP contribution in [0.15, 0.2) is 42.0 Å². The van der Waals surface area contributed by atoms with Crippen molar-refractivity contribution in [3.05, 3.63) is 64.2 Å². The van der Waals surface area contributed by atoms with Crippen LogP contribution in [0.25, 0.3) is 5.76 Å². The molecule has 1 saturated heterocycles. The lowest BCUT2D eigenvalue weighted by atomic mass is 9.91. The van der Waals surface area contributed by atoms with Crippen LogP contribution >= 0.6 is 0 Å². The summed E-state index contributed by atoms with van der Waals surface area (Å²) in [6.45, 7) is 10.3. The van der Waals surface area contributed by atoms with Gasteiger partial charge in [0.25, 0.3) is 11.7 Å². The van der Waals surface area contributed by atoms with Crippen LogP contribution in [-0.4, -0.2) is 62.2 Å². The van der Waals surface area contributed by atoms with E-state index < -0.39 is 17.7 Å². The Hall–Kier alpha value is -3.32. The van der Waals surface area contributed by atoms with Gasteiger partial charge in [0, 0.05) is 31.9 Å². The van der Waals surface area contributed by atoms with Crippen molar-refractivity contribution in [1.29, 1.82) is 0 Å². The molecule has 3 rings (SSSR count). The van der Waals surface area contributed by atoms with E-state index in [1.54, 1.807) is 7.11 Å². The molecule has 7 nitrogen and oxygen atoms in total. The number of hydrogen-bond acceptors (Lipinski definition) is 6. The first kappa shape index (κ1) is 27.3. The van der Waals surface area contributed by atoms with Crippen LogP contribution in [0.3, 0.4) is 0 Å². The van der Waals surface area contributed by atoms with E-state index in [0.29, 0.717) is 5.56 Å². The van der Waals surface area contributed by atoms with Crippen LogP contribution < -0.4 is 9.64 Å². The zero-order valence-electron chi connectivity index (χ0n) is 22.6. The van der Waals surface area contributed by atoms with Crippen LogP contribution in [0, 0.1) is 6.92 Å². The van der Waals surface area contributed by atoms with Gasteiger partial charge in [-0.2, -0.15) is 0 Å². The number of anilines is 1. The Morgan fingerprint density at radius 2 is 1.72 bits per heavy atom. The molecule has 1 aliphatic heterocycles. The van der Waals surface area contributed by atoms with Crippen molar-refractivity contribution in [2.45, 2.75) is 52.7 Å². The van der Waals surface area contributed by atoms with Gasteiger partial charge in [0.2, 0.25) is 0 Å². The van der Waals surface area contributed by atoms with Gasteiger partial charge in [-0.1, -0.05) is 26.0 Å². The second kappa shape index (κ2) is 11.2. The molecule has 0 bridgehead atoms. The fourth-order valence-electron chi connectivity index (χ4n) is 4.53. The summed E-state index contributed by atoms with van der Waals surface area (Å²) in [6.07, 6.45) is -0.00366. The molecule has 1 aliphatic rings. The SMILES string of the molecule is COc1cc(C)c(/C(O)=C2\C(=O)C(=O)N(CCOC(C)C)C2c2ccc(N(C)C)cc2)cc1C(C)C. The highest BCUT2D eigenvalue weighted by atomic mass is 16.5. The Kier molecular flexibility index (Phi) is 8.46. The lowest BCUT2D eigenvalue weighted by Crippen LogP contribution is -2.33. The number of rotatable bonds is 9. The van der Waals surface area contributed by atoms with E-state index in [9.17, 15) is 14.7 Å². The highest BCUT2D eigenvalue weighted by molar-refractivity contribution is 6.46. The second-order valence-corrected chi connectivity index (χ2v) is 9.96. The maximum Gasteiger partial charge on any atom is 0.295 e. The van der Waals surface area contributed by atoms with E-state index >= 15 is 0 Å². The average molecular weight is 495 g/mol. The molecule has 36 heavy (non-hydrogen) atoms. The van der Waals surface area contributed by atoms with Crippen LogP contribution in [-0.2, 0) is 14.3 Å². The predicted octanol–water partition coefficient (Wildman–Crippen LogP) is 5.04. The van der Waals surface area contributed by atoms with Gasteiger partial charge in [-0.15, -0.1) is 0 Å². The summed E-state index contributed by atoms with van der Waals surface area (Å²) in [5.74, 6) is -0.650. The number of nitrogens with zero attached hydrogens (tertiary/aromatic N) is 2. The van der Waals surface area contributed by atoms with E-state index in [1.807, 2.05) is 90.0 Å². The number of likely N-dealkylation sites (tertiary alicyclic amines) is 1. The normalized spacial score (nSPS) is 17.4. The monoisotopic (exact) mass is 494 g/mol. The van der Waals surface area contributed by atoms with E-state index in [0.717, 1.165) is 28.1 Å². The van der Waals surface area contributed by atoms with Crippen LogP contribution in [0.2, 0.25) is 0 Å². The molecule has 0 radical (unpaired) electrons. The standard InChI is InChI=1S/C29H38N2O5/c1-17(2)22-16-23(19(5)15-24(22)35-8)27(32)25-26(20-9-11-21(12-10-20)30(6)7)31(29(34)28(25)33)13-14-36-18(3)4/h9-12,15-18,26,32H,13-14H2,1-8H3/b27-25+. The second-order valence-electron chi connectivity index (χ2n) is 9.96. The average Bonchev–Trinajstić information content (AvgIpc) is 3.08. The van der Waals surface area contributed by atoms with Crippen molar-refractivity contribution in [3.63, 3.8) is 0 Å². The molecule has 1 heterocycles. The molecule has 1 atom stereocenters. The van der Waals surface area contributed by atoms with Gasteiger partial charge in [0.1, 0.15) is 11.5 Å². The number of aliphatic hydroxyl groups excluding tert-OH is 1. The molecule has 1 amide bonds. The highest BCUT2D eigenvalue weighted by Crippen LogP contribution is 2.41. The molecule has 194 valence electrons. The van der Waals surface area contributed by atoms with Gasteiger partial charge in [-0.05, 0) is 67.6 Å². The molecule has 0 aromatic heterocycles. The Morgan fingerprint density at radius 1 is 1.08 bits per heavy atom. The predicted molar refractivity (Wildman–Crippen MR) is 143 cm³/mol. The first-order valence-electron chi connectivity index (χ1n) is 12.3. The summed E-state index contributed by atoms with van der Waals surface area (Å²) in [6, 6.07) is 10.7. The lowest BCUT2D eigenvalue weighted by Gasteiger charge is -2.26. The number of aliphatic hydroxyl groups is 1. The zero-order chi connectivity index (χ0) is 26.7. The number of aryl methyl sites for hydroxylation is 1. The first-order valence-corrected chi connectivity index (χ1v) is 12.3. The topological polar surface area (TPSA) is 79.3 Å². The molecule has 1 unspecified atom stereocenters. The maximum atomic E-state index is 13.4. The van der Waals surface area contributed by atoms with Crippen molar-refractivity contribution in [2.75, 3.05) is 39.3 Å². The minimum absolute atomic E-state index is 0.00366. The largest absolute Gasteiger partial charge is 0.507 e. The number of carbonyl (C=O) groups is 2. The minimum atomic E-state index is -0.721. The molecule has 7 heteroatoms. The quantitative estimate of drug-likeness (QED) is 0.299. The zero-order valence-corrected chi connectivity index (χ0v) is 22.6. The van der Waals surface area contributed by atoms with Crippen LogP contribution in [0.5, 0.6) is 5.75 Å². The van der Waals surface area contributed by atoms with E-state index in [1.165, 1.54) is 4.90 Å². The first-order chi connectivity index (χ1) is 17.0. The molecule has 1 N–H and O–H groups in total. The number of carbonyl (C=O) groups excluding carboxylic acids is 2. The van der Waals surface area contributed by atoms with Crippen molar-refractivity contribution >= 4 is 23.1 Å². The molecule has 2 aromatic carbocycles. The Morgan fingerprint density at radius 3 is 2.25 bits per heavy atom. The molecule has 0 spiro atoms. The third-order valence-electron chi connectivity index (χ3n) is 6.50. The molecular weight excluding hydrogens is 456 g/mol. The highest BCUT2D eigenvalue weighted by Gasteiger charge is 2.46. The minimum Gasteiger partial charge on any atom is -0.507 e. The number of Topliss-reactive ketones (excluding diaryl/α,β-unsaturated/α-hetero) is 1. The summed E-state index contributed by atoms with van der Waals surface area (Å²) >= 11 is 0. The third-order valence-corrected chi connectivity index (χ3v) is 6.50. The smallest absolute Gasteiger partial charge is 0.295 e. The van der Waals surface area contributed by atoms with Gasteiger partial charge in [-0.3, -0.25) is 9.59 Å². The molecule has 1 fully saturated rings. The molecular formula is C29H38N2O5. The van der Waals surface area contributed by atoms with Gasteiger partial charge in [0.05, 0.1) is 31.4 Å². The summed E-state index contributed by atoms with van der Waals surface area (Å²) in [5.41, 5.74) is 4.02. The number of ether oxygens (including phenoxy) is 2. The van der Waals surface area contributed by atoms with E-state index in [2.05, 4.69) is 0 Å². The molecule has 0 saturated carbocycles. The number of ketones is 1. The summed E-state index contributed by atoms with van der Waals surface area (Å²) in [7, 11) is 5.51. The Bertz CT molecular complexity index is 1150. The van der Waals surface area contributed by atoms with Gasteiger partial charge in [-0.25, -0.2) is 0 Å².